The quantitative estimate of drug-likeness (QED) is 0.858. The zero-order valence-corrected chi connectivity index (χ0v) is 12.9. The minimum Gasteiger partial charge on any atom is -0.478 e. The fourth-order valence-electron chi connectivity index (χ4n) is 2.15. The van der Waals surface area contributed by atoms with Crippen molar-refractivity contribution in [2.75, 3.05) is 0 Å². The molecule has 0 saturated heterocycles. The summed E-state index contributed by atoms with van der Waals surface area (Å²) in [4.78, 5) is 22.5. The number of ether oxygens (including phenoxy) is 1. The van der Waals surface area contributed by atoms with Gasteiger partial charge in [-0.3, -0.25) is 0 Å². The Labute approximate surface area is 134 Å². The van der Waals surface area contributed by atoms with Crippen LogP contribution in [0.4, 0.5) is 4.79 Å². The third-order valence-corrected chi connectivity index (χ3v) is 3.32. The lowest BCUT2D eigenvalue weighted by molar-refractivity contribution is 0.0697. The summed E-state index contributed by atoms with van der Waals surface area (Å²) in [5.41, 5.74) is 2.13. The number of rotatable bonds is 6. The maximum Gasteiger partial charge on any atom is 0.407 e. The second-order valence-electron chi connectivity index (χ2n) is 5.31. The van der Waals surface area contributed by atoms with Crippen molar-refractivity contribution < 1.29 is 19.4 Å². The highest BCUT2D eigenvalue weighted by atomic mass is 16.5. The van der Waals surface area contributed by atoms with Gasteiger partial charge in [0.25, 0.3) is 0 Å². The zero-order chi connectivity index (χ0) is 16.7. The highest BCUT2D eigenvalue weighted by Gasteiger charge is 2.10. The van der Waals surface area contributed by atoms with E-state index in [-0.39, 0.29) is 18.2 Å². The SMILES string of the molecule is C[C@H](Cc1ccc(C(=O)O)cc1)NC(=O)OCc1ccccc1. The van der Waals surface area contributed by atoms with E-state index >= 15 is 0 Å². The number of aromatic carboxylic acids is 1. The van der Waals surface area contributed by atoms with Crippen LogP contribution in [0.1, 0.15) is 28.4 Å². The average Bonchev–Trinajstić information content (AvgIpc) is 2.54. The Balaban J connectivity index is 1.78. The van der Waals surface area contributed by atoms with Crippen molar-refractivity contribution >= 4 is 12.1 Å². The Morgan fingerprint density at radius 2 is 1.70 bits per heavy atom. The second kappa shape index (κ2) is 7.98. The predicted molar refractivity (Wildman–Crippen MR) is 86.3 cm³/mol. The number of carbonyl (C=O) groups excluding carboxylic acids is 1. The van der Waals surface area contributed by atoms with Crippen LogP contribution in [-0.2, 0) is 17.8 Å². The first-order valence-electron chi connectivity index (χ1n) is 7.34. The lowest BCUT2D eigenvalue weighted by atomic mass is 10.1. The van der Waals surface area contributed by atoms with Crippen molar-refractivity contribution in [3.63, 3.8) is 0 Å². The molecule has 0 bridgehead atoms. The first-order chi connectivity index (χ1) is 11.0. The van der Waals surface area contributed by atoms with Gasteiger partial charge in [0.05, 0.1) is 5.56 Å². The van der Waals surface area contributed by atoms with Gasteiger partial charge in [0.1, 0.15) is 6.61 Å². The summed E-state index contributed by atoms with van der Waals surface area (Å²) in [7, 11) is 0. The van der Waals surface area contributed by atoms with Gasteiger partial charge in [-0.25, -0.2) is 9.59 Å². The summed E-state index contributed by atoms with van der Waals surface area (Å²) in [6.07, 6.45) is 0.129. The number of hydrogen-bond donors (Lipinski definition) is 2. The fourth-order valence-corrected chi connectivity index (χ4v) is 2.15. The summed E-state index contributed by atoms with van der Waals surface area (Å²) in [5.74, 6) is -0.952. The minimum atomic E-state index is -0.952. The molecule has 0 radical (unpaired) electrons. The van der Waals surface area contributed by atoms with Crippen LogP contribution in [0.25, 0.3) is 0 Å². The van der Waals surface area contributed by atoms with Crippen LogP contribution in [0.15, 0.2) is 54.6 Å². The van der Waals surface area contributed by atoms with Crippen LogP contribution in [0.2, 0.25) is 0 Å². The average molecular weight is 313 g/mol. The largest absolute Gasteiger partial charge is 0.478 e. The maximum atomic E-state index is 11.7. The van der Waals surface area contributed by atoms with E-state index in [1.54, 1.807) is 24.3 Å². The lowest BCUT2D eigenvalue weighted by Crippen LogP contribution is -2.34. The maximum absolute atomic E-state index is 11.7. The Bertz CT molecular complexity index is 652. The Morgan fingerprint density at radius 1 is 1.04 bits per heavy atom. The zero-order valence-electron chi connectivity index (χ0n) is 12.9. The van der Waals surface area contributed by atoms with Gasteiger partial charge in [-0.1, -0.05) is 42.5 Å². The summed E-state index contributed by atoms with van der Waals surface area (Å²) in [6, 6.07) is 15.9. The summed E-state index contributed by atoms with van der Waals surface area (Å²) < 4.78 is 5.16. The molecule has 0 aromatic heterocycles. The number of alkyl carbamates (subject to hydrolysis) is 1. The molecule has 0 aliphatic heterocycles. The van der Waals surface area contributed by atoms with E-state index in [4.69, 9.17) is 9.84 Å². The monoisotopic (exact) mass is 313 g/mol. The number of amides is 1. The number of hydrogen-bond acceptors (Lipinski definition) is 3. The van der Waals surface area contributed by atoms with E-state index in [9.17, 15) is 9.59 Å². The molecule has 0 unspecified atom stereocenters. The number of carboxylic acid groups (broad SMARTS) is 1. The van der Waals surface area contributed by atoms with Gasteiger partial charge in [0, 0.05) is 6.04 Å². The van der Waals surface area contributed by atoms with Crippen LogP contribution in [0, 0.1) is 0 Å². The molecule has 0 spiro atoms. The molecule has 0 fully saturated rings. The Morgan fingerprint density at radius 3 is 2.30 bits per heavy atom. The van der Waals surface area contributed by atoms with Gasteiger partial charge in [-0.15, -0.1) is 0 Å². The van der Waals surface area contributed by atoms with Gasteiger partial charge < -0.3 is 15.2 Å². The van der Waals surface area contributed by atoms with Gasteiger partial charge in [-0.2, -0.15) is 0 Å². The molecule has 23 heavy (non-hydrogen) atoms. The highest BCUT2D eigenvalue weighted by Crippen LogP contribution is 2.07. The fraction of sp³-hybridized carbons (Fsp3) is 0.222. The van der Waals surface area contributed by atoms with Crippen molar-refractivity contribution in [1.82, 2.24) is 5.32 Å². The molecule has 0 saturated carbocycles. The molecular weight excluding hydrogens is 294 g/mol. The van der Waals surface area contributed by atoms with Crippen LogP contribution in [0.3, 0.4) is 0 Å². The first kappa shape index (κ1) is 16.5. The van der Waals surface area contributed by atoms with Gasteiger partial charge in [0.15, 0.2) is 0 Å². The first-order valence-corrected chi connectivity index (χ1v) is 7.34. The molecule has 5 nitrogen and oxygen atoms in total. The van der Waals surface area contributed by atoms with Gasteiger partial charge in [-0.05, 0) is 36.6 Å². The van der Waals surface area contributed by atoms with Crippen molar-refractivity contribution in [1.29, 1.82) is 0 Å². The molecular formula is C18H19NO4. The van der Waals surface area contributed by atoms with Crippen molar-refractivity contribution in [2.24, 2.45) is 0 Å². The van der Waals surface area contributed by atoms with Crippen LogP contribution in [-0.4, -0.2) is 23.2 Å². The summed E-state index contributed by atoms with van der Waals surface area (Å²) in [6.45, 7) is 2.10. The molecule has 2 aromatic carbocycles. The van der Waals surface area contributed by atoms with E-state index in [1.165, 1.54) is 0 Å². The third-order valence-electron chi connectivity index (χ3n) is 3.32. The summed E-state index contributed by atoms with van der Waals surface area (Å²) >= 11 is 0. The minimum absolute atomic E-state index is 0.117. The van der Waals surface area contributed by atoms with Crippen molar-refractivity contribution in [3.8, 4) is 0 Å². The van der Waals surface area contributed by atoms with Crippen molar-refractivity contribution in [3.05, 3.63) is 71.3 Å². The van der Waals surface area contributed by atoms with E-state index in [1.807, 2.05) is 37.3 Å². The molecule has 120 valence electrons. The molecule has 2 N–H and O–H groups in total. The third kappa shape index (κ3) is 5.47. The standard InChI is InChI=1S/C18H19NO4/c1-13(11-14-7-9-16(10-8-14)17(20)21)19-18(22)23-12-15-5-3-2-4-6-15/h2-10,13H,11-12H2,1H3,(H,19,22)(H,20,21)/t13-/m1/s1. The molecule has 2 rings (SSSR count). The predicted octanol–water partition coefficient (Wildman–Crippen LogP) is 3.24. The Hall–Kier alpha value is -2.82. The van der Waals surface area contributed by atoms with E-state index in [2.05, 4.69) is 5.32 Å². The van der Waals surface area contributed by atoms with Crippen molar-refractivity contribution in [2.45, 2.75) is 26.0 Å². The second-order valence-corrected chi connectivity index (χ2v) is 5.31. The highest BCUT2D eigenvalue weighted by molar-refractivity contribution is 5.87. The molecule has 5 heteroatoms. The number of nitrogens with one attached hydrogen (secondary N) is 1. The molecule has 0 aliphatic rings. The number of benzene rings is 2. The number of carbonyl (C=O) groups is 2. The summed E-state index contributed by atoms with van der Waals surface area (Å²) in [5, 5.41) is 11.6. The van der Waals surface area contributed by atoms with Crippen LogP contribution in [0.5, 0.6) is 0 Å². The molecule has 1 atom stereocenters. The van der Waals surface area contributed by atoms with Crippen LogP contribution < -0.4 is 5.32 Å². The molecule has 2 aromatic rings. The smallest absolute Gasteiger partial charge is 0.407 e. The number of carboxylic acids is 1. The molecule has 1 amide bonds. The topological polar surface area (TPSA) is 75.6 Å². The Kier molecular flexibility index (Phi) is 5.74. The molecule has 0 heterocycles. The van der Waals surface area contributed by atoms with Gasteiger partial charge >= 0.3 is 12.1 Å². The van der Waals surface area contributed by atoms with E-state index in [0.29, 0.717) is 6.42 Å². The lowest BCUT2D eigenvalue weighted by Gasteiger charge is -2.14. The van der Waals surface area contributed by atoms with E-state index in [0.717, 1.165) is 11.1 Å². The van der Waals surface area contributed by atoms with E-state index < -0.39 is 12.1 Å². The molecule has 0 aliphatic carbocycles. The van der Waals surface area contributed by atoms with Crippen LogP contribution >= 0.6 is 0 Å². The van der Waals surface area contributed by atoms with Gasteiger partial charge in [0.2, 0.25) is 0 Å². The normalized spacial score (nSPS) is 11.5.